The Morgan fingerprint density at radius 1 is 1.14 bits per heavy atom. The number of nitrogens with one attached hydrogen (secondary N) is 1. The molecule has 2 heterocycles. The lowest BCUT2D eigenvalue weighted by molar-refractivity contribution is -0.118. The Bertz CT molecular complexity index is 1200. The summed E-state index contributed by atoms with van der Waals surface area (Å²) in [6, 6.07) is 15.8. The van der Waals surface area contributed by atoms with Crippen molar-refractivity contribution in [2.45, 2.75) is 13.0 Å². The number of halogens is 1. The Morgan fingerprint density at radius 3 is 2.57 bits per heavy atom. The van der Waals surface area contributed by atoms with Crippen LogP contribution < -0.4 is 10.9 Å². The molecule has 140 valence electrons. The molecule has 1 atom stereocenters. The number of aromatic nitrogens is 2. The van der Waals surface area contributed by atoms with Crippen molar-refractivity contribution in [3.63, 3.8) is 0 Å². The average Bonchev–Trinajstić information content (AvgIpc) is 3.15. The number of amides is 1. The van der Waals surface area contributed by atoms with Crippen LogP contribution in [0.25, 0.3) is 21.3 Å². The van der Waals surface area contributed by atoms with Gasteiger partial charge in [-0.05, 0) is 36.8 Å². The fourth-order valence-electron chi connectivity index (χ4n) is 2.96. The third kappa shape index (κ3) is 3.44. The van der Waals surface area contributed by atoms with E-state index in [4.69, 9.17) is 11.6 Å². The summed E-state index contributed by atoms with van der Waals surface area (Å²) in [5.41, 5.74) is 2.16. The molecule has 2 aromatic heterocycles. The van der Waals surface area contributed by atoms with Crippen molar-refractivity contribution < 1.29 is 4.79 Å². The van der Waals surface area contributed by atoms with Crippen LogP contribution in [-0.4, -0.2) is 15.5 Å². The van der Waals surface area contributed by atoms with Crippen molar-refractivity contribution in [2.24, 2.45) is 0 Å². The van der Waals surface area contributed by atoms with Gasteiger partial charge in [0.15, 0.2) is 0 Å². The number of thiophene rings is 1. The van der Waals surface area contributed by atoms with E-state index in [-0.39, 0.29) is 11.5 Å². The minimum atomic E-state index is -0.719. The zero-order valence-corrected chi connectivity index (χ0v) is 16.5. The number of fused-ring (bicyclic) bond motifs is 1. The summed E-state index contributed by atoms with van der Waals surface area (Å²) in [4.78, 5) is 30.9. The highest BCUT2D eigenvalue weighted by atomic mass is 35.5. The predicted octanol–water partition coefficient (Wildman–Crippen LogP) is 4.98. The number of carbonyl (C=O) groups excluding carboxylic acids is 1. The molecule has 1 amide bonds. The van der Waals surface area contributed by atoms with E-state index in [1.165, 1.54) is 22.2 Å². The zero-order chi connectivity index (χ0) is 19.7. The number of benzene rings is 2. The molecule has 0 spiro atoms. The Balaban J connectivity index is 1.70. The number of anilines is 1. The molecule has 28 heavy (non-hydrogen) atoms. The number of hydrogen-bond acceptors (Lipinski definition) is 4. The lowest BCUT2D eigenvalue weighted by Gasteiger charge is -2.15. The Kier molecular flexibility index (Phi) is 4.98. The molecule has 2 aromatic carbocycles. The van der Waals surface area contributed by atoms with Gasteiger partial charge in [-0.15, -0.1) is 11.3 Å². The lowest BCUT2D eigenvalue weighted by Crippen LogP contribution is -2.31. The third-order valence-electron chi connectivity index (χ3n) is 4.51. The monoisotopic (exact) mass is 409 g/mol. The molecular formula is C21H16ClN3O2S. The van der Waals surface area contributed by atoms with Crippen LogP contribution in [0.15, 0.2) is 71.1 Å². The van der Waals surface area contributed by atoms with Gasteiger partial charge in [0.1, 0.15) is 10.9 Å². The van der Waals surface area contributed by atoms with Gasteiger partial charge in [-0.1, -0.05) is 41.9 Å². The second-order valence-electron chi connectivity index (χ2n) is 6.32. The van der Waals surface area contributed by atoms with Gasteiger partial charge in [-0.2, -0.15) is 0 Å². The van der Waals surface area contributed by atoms with Crippen LogP contribution in [0.3, 0.4) is 0 Å². The highest BCUT2D eigenvalue weighted by molar-refractivity contribution is 7.17. The van der Waals surface area contributed by atoms with E-state index in [2.05, 4.69) is 10.3 Å². The molecule has 0 saturated carbocycles. The maximum absolute atomic E-state index is 13.2. The van der Waals surface area contributed by atoms with Gasteiger partial charge >= 0.3 is 0 Å². The van der Waals surface area contributed by atoms with E-state index in [0.29, 0.717) is 20.9 Å². The summed E-state index contributed by atoms with van der Waals surface area (Å²) < 4.78 is 1.37. The molecule has 1 N–H and O–H groups in total. The van der Waals surface area contributed by atoms with E-state index in [1.54, 1.807) is 31.2 Å². The molecule has 0 aliphatic rings. The van der Waals surface area contributed by atoms with E-state index >= 15 is 0 Å². The summed E-state index contributed by atoms with van der Waals surface area (Å²) in [6.07, 6.45) is 1.43. The molecule has 1 unspecified atom stereocenters. The molecule has 0 bridgehead atoms. The summed E-state index contributed by atoms with van der Waals surface area (Å²) >= 11 is 7.29. The first-order chi connectivity index (χ1) is 13.5. The van der Waals surface area contributed by atoms with Crippen LogP contribution in [0.4, 0.5) is 5.69 Å². The Hall–Kier alpha value is -2.96. The fourth-order valence-corrected chi connectivity index (χ4v) is 3.99. The van der Waals surface area contributed by atoms with Crippen LogP contribution >= 0.6 is 22.9 Å². The molecule has 0 radical (unpaired) electrons. The normalized spacial score (nSPS) is 12.1. The van der Waals surface area contributed by atoms with Crippen LogP contribution in [0.5, 0.6) is 0 Å². The second kappa shape index (κ2) is 7.58. The van der Waals surface area contributed by atoms with Crippen LogP contribution in [0.2, 0.25) is 5.02 Å². The molecule has 0 fully saturated rings. The van der Waals surface area contributed by atoms with Crippen molar-refractivity contribution >= 4 is 44.7 Å². The summed E-state index contributed by atoms with van der Waals surface area (Å²) in [7, 11) is 0. The van der Waals surface area contributed by atoms with Crippen molar-refractivity contribution in [1.29, 1.82) is 0 Å². The Labute approximate surface area is 170 Å². The smallest absolute Gasteiger partial charge is 0.263 e. The minimum absolute atomic E-state index is 0.233. The molecule has 0 aliphatic heterocycles. The second-order valence-corrected chi connectivity index (χ2v) is 7.62. The van der Waals surface area contributed by atoms with E-state index in [1.807, 2.05) is 35.7 Å². The summed E-state index contributed by atoms with van der Waals surface area (Å²) in [5, 5.41) is 5.85. The minimum Gasteiger partial charge on any atom is -0.324 e. The molecule has 0 saturated heterocycles. The topological polar surface area (TPSA) is 64.0 Å². The van der Waals surface area contributed by atoms with Crippen molar-refractivity contribution in [1.82, 2.24) is 9.55 Å². The standard InChI is InChI=1S/C21H16ClN3O2S/c1-13(19(26)24-16-9-7-15(22)8-10-16)25-12-23-20-18(21(25)27)17(11-28-20)14-5-3-2-4-6-14/h2-13H,1H3,(H,24,26). The van der Waals surface area contributed by atoms with Gasteiger partial charge in [-0.25, -0.2) is 4.98 Å². The van der Waals surface area contributed by atoms with Gasteiger partial charge in [0, 0.05) is 21.7 Å². The highest BCUT2D eigenvalue weighted by Crippen LogP contribution is 2.30. The fraction of sp³-hybridized carbons (Fsp3) is 0.0952. The van der Waals surface area contributed by atoms with Crippen LogP contribution in [0, 0.1) is 0 Å². The van der Waals surface area contributed by atoms with Crippen molar-refractivity contribution in [2.75, 3.05) is 5.32 Å². The molecule has 0 aliphatic carbocycles. The quantitative estimate of drug-likeness (QED) is 0.517. The number of rotatable bonds is 4. The van der Waals surface area contributed by atoms with Gasteiger partial charge in [0.25, 0.3) is 5.56 Å². The first-order valence-electron chi connectivity index (χ1n) is 8.65. The molecule has 7 heteroatoms. The third-order valence-corrected chi connectivity index (χ3v) is 5.65. The van der Waals surface area contributed by atoms with Crippen LogP contribution in [-0.2, 0) is 4.79 Å². The number of hydrogen-bond donors (Lipinski definition) is 1. The van der Waals surface area contributed by atoms with Gasteiger partial charge in [0.2, 0.25) is 5.91 Å². The van der Waals surface area contributed by atoms with Crippen LogP contribution in [0.1, 0.15) is 13.0 Å². The van der Waals surface area contributed by atoms with Crippen molar-refractivity contribution in [3.8, 4) is 11.1 Å². The molecule has 4 rings (SSSR count). The summed E-state index contributed by atoms with van der Waals surface area (Å²) in [5.74, 6) is -0.304. The van der Waals surface area contributed by atoms with Crippen molar-refractivity contribution in [3.05, 3.63) is 81.7 Å². The zero-order valence-electron chi connectivity index (χ0n) is 14.9. The lowest BCUT2D eigenvalue weighted by atomic mass is 10.1. The van der Waals surface area contributed by atoms with E-state index in [9.17, 15) is 9.59 Å². The number of nitrogens with zero attached hydrogens (tertiary/aromatic N) is 2. The van der Waals surface area contributed by atoms with E-state index < -0.39 is 6.04 Å². The molecule has 4 aromatic rings. The largest absolute Gasteiger partial charge is 0.324 e. The van der Waals surface area contributed by atoms with Gasteiger partial charge in [-0.3, -0.25) is 14.2 Å². The van der Waals surface area contributed by atoms with E-state index in [0.717, 1.165) is 11.1 Å². The maximum Gasteiger partial charge on any atom is 0.263 e. The molecule has 5 nitrogen and oxygen atoms in total. The maximum atomic E-state index is 13.2. The Morgan fingerprint density at radius 2 is 1.86 bits per heavy atom. The SMILES string of the molecule is CC(C(=O)Nc1ccc(Cl)cc1)n1cnc2scc(-c3ccccc3)c2c1=O. The predicted molar refractivity (Wildman–Crippen MR) is 114 cm³/mol. The average molecular weight is 410 g/mol. The molecular weight excluding hydrogens is 394 g/mol. The number of carbonyl (C=O) groups is 1. The highest BCUT2D eigenvalue weighted by Gasteiger charge is 2.20. The van der Waals surface area contributed by atoms with Gasteiger partial charge < -0.3 is 5.32 Å². The first-order valence-corrected chi connectivity index (χ1v) is 9.90. The summed E-state index contributed by atoms with van der Waals surface area (Å²) in [6.45, 7) is 1.68. The van der Waals surface area contributed by atoms with Gasteiger partial charge in [0.05, 0.1) is 11.7 Å². The first kappa shape index (κ1) is 18.4.